The van der Waals surface area contributed by atoms with E-state index in [1.807, 2.05) is 24.3 Å². The maximum Gasteiger partial charge on any atom is 0.255 e. The Bertz CT molecular complexity index is 714. The Labute approximate surface area is 135 Å². The van der Waals surface area contributed by atoms with Gasteiger partial charge in [0.25, 0.3) is 5.91 Å². The Morgan fingerprint density at radius 1 is 1.17 bits per heavy atom. The Hall–Kier alpha value is -2.69. The number of amides is 1. The molecule has 120 valence electrons. The minimum atomic E-state index is -0.192. The average molecular weight is 313 g/mol. The Morgan fingerprint density at radius 3 is 2.78 bits per heavy atom. The standard InChI is InChI=1S/C18H19NO4/c1-21-12-7-8-16(22-2)14(11-12)18(20)19-15-9-10-23-17-6-4-3-5-13(15)17/h3-8,11,15H,9-10H2,1-2H3,(H,19,20)/t15-/m0/s1. The lowest BCUT2D eigenvalue weighted by atomic mass is 10.00. The number of hydrogen-bond donors (Lipinski definition) is 1. The number of nitrogens with one attached hydrogen (secondary N) is 1. The molecule has 5 heteroatoms. The fraction of sp³-hybridized carbons (Fsp3) is 0.278. The van der Waals surface area contributed by atoms with E-state index in [1.165, 1.54) is 0 Å². The molecule has 0 fully saturated rings. The van der Waals surface area contributed by atoms with Gasteiger partial charge in [0.15, 0.2) is 0 Å². The Kier molecular flexibility index (Phi) is 4.37. The third kappa shape index (κ3) is 3.08. The first-order chi connectivity index (χ1) is 11.2. The van der Waals surface area contributed by atoms with Crippen LogP contribution in [-0.2, 0) is 0 Å². The molecule has 3 rings (SSSR count). The van der Waals surface area contributed by atoms with Crippen LogP contribution < -0.4 is 19.5 Å². The molecule has 23 heavy (non-hydrogen) atoms. The summed E-state index contributed by atoms with van der Waals surface area (Å²) in [5, 5.41) is 3.06. The molecule has 1 aliphatic rings. The lowest BCUT2D eigenvalue weighted by Crippen LogP contribution is -2.32. The summed E-state index contributed by atoms with van der Waals surface area (Å²) in [4.78, 5) is 12.7. The lowest BCUT2D eigenvalue weighted by Gasteiger charge is -2.26. The maximum atomic E-state index is 12.7. The van der Waals surface area contributed by atoms with Gasteiger partial charge in [-0.25, -0.2) is 0 Å². The van der Waals surface area contributed by atoms with Crippen LogP contribution in [0.4, 0.5) is 0 Å². The van der Waals surface area contributed by atoms with E-state index in [2.05, 4.69) is 5.32 Å². The number of para-hydroxylation sites is 1. The molecule has 0 aromatic heterocycles. The molecule has 5 nitrogen and oxygen atoms in total. The molecule has 0 unspecified atom stereocenters. The van der Waals surface area contributed by atoms with Crippen LogP contribution in [0.2, 0.25) is 0 Å². The summed E-state index contributed by atoms with van der Waals surface area (Å²) in [6.07, 6.45) is 0.731. The first kappa shape index (κ1) is 15.2. The van der Waals surface area contributed by atoms with Crippen molar-refractivity contribution in [3.05, 3.63) is 53.6 Å². The van der Waals surface area contributed by atoms with E-state index < -0.39 is 0 Å². The van der Waals surface area contributed by atoms with Gasteiger partial charge < -0.3 is 19.5 Å². The highest BCUT2D eigenvalue weighted by Gasteiger charge is 2.24. The molecule has 0 saturated carbocycles. The zero-order valence-corrected chi connectivity index (χ0v) is 13.2. The van der Waals surface area contributed by atoms with Crippen LogP contribution in [0.1, 0.15) is 28.4 Å². The minimum absolute atomic E-state index is 0.0802. The van der Waals surface area contributed by atoms with Gasteiger partial charge in [-0.05, 0) is 24.3 Å². The second kappa shape index (κ2) is 6.60. The summed E-state index contributed by atoms with van der Waals surface area (Å²) in [5.74, 6) is 1.76. The Balaban J connectivity index is 1.86. The van der Waals surface area contributed by atoms with Crippen LogP contribution in [0.3, 0.4) is 0 Å². The molecular formula is C18H19NO4. The topological polar surface area (TPSA) is 56.8 Å². The monoisotopic (exact) mass is 313 g/mol. The smallest absolute Gasteiger partial charge is 0.255 e. The summed E-state index contributed by atoms with van der Waals surface area (Å²) in [6.45, 7) is 0.581. The van der Waals surface area contributed by atoms with Crippen molar-refractivity contribution in [1.82, 2.24) is 5.32 Å². The van der Waals surface area contributed by atoms with Crippen molar-refractivity contribution < 1.29 is 19.0 Å². The third-order valence-electron chi connectivity index (χ3n) is 3.92. The summed E-state index contributed by atoms with van der Waals surface area (Å²) >= 11 is 0. The van der Waals surface area contributed by atoms with Gasteiger partial charge >= 0.3 is 0 Å². The predicted molar refractivity (Wildman–Crippen MR) is 86.3 cm³/mol. The molecule has 2 aromatic rings. The number of rotatable bonds is 4. The van der Waals surface area contributed by atoms with E-state index in [9.17, 15) is 4.79 Å². The van der Waals surface area contributed by atoms with Crippen molar-refractivity contribution >= 4 is 5.91 Å². The number of carbonyl (C=O) groups is 1. The fourth-order valence-corrected chi connectivity index (χ4v) is 2.72. The van der Waals surface area contributed by atoms with Crippen LogP contribution in [0.25, 0.3) is 0 Å². The number of fused-ring (bicyclic) bond motifs is 1. The SMILES string of the molecule is COc1ccc(OC)c(C(=O)N[C@H]2CCOc3ccccc32)c1. The number of carbonyl (C=O) groups excluding carboxylic acids is 1. The highest BCUT2D eigenvalue weighted by molar-refractivity contribution is 5.97. The van der Waals surface area contributed by atoms with Crippen molar-refractivity contribution in [2.24, 2.45) is 0 Å². The maximum absolute atomic E-state index is 12.7. The molecule has 0 saturated heterocycles. The van der Waals surface area contributed by atoms with Gasteiger partial charge in [-0.15, -0.1) is 0 Å². The van der Waals surface area contributed by atoms with Crippen LogP contribution in [0, 0.1) is 0 Å². The van der Waals surface area contributed by atoms with Gasteiger partial charge in [0.2, 0.25) is 0 Å². The van der Waals surface area contributed by atoms with E-state index in [1.54, 1.807) is 32.4 Å². The van der Waals surface area contributed by atoms with Gasteiger partial charge in [-0.2, -0.15) is 0 Å². The van der Waals surface area contributed by atoms with Crippen LogP contribution >= 0.6 is 0 Å². The normalized spacial score (nSPS) is 16.0. The number of ether oxygens (including phenoxy) is 3. The zero-order chi connectivity index (χ0) is 16.2. The number of benzene rings is 2. The van der Waals surface area contributed by atoms with E-state index in [-0.39, 0.29) is 11.9 Å². The first-order valence-corrected chi connectivity index (χ1v) is 7.47. The average Bonchev–Trinajstić information content (AvgIpc) is 2.61. The van der Waals surface area contributed by atoms with E-state index >= 15 is 0 Å². The fourth-order valence-electron chi connectivity index (χ4n) is 2.72. The molecule has 1 amide bonds. The molecule has 2 aromatic carbocycles. The molecule has 0 radical (unpaired) electrons. The van der Waals surface area contributed by atoms with E-state index in [0.29, 0.717) is 23.7 Å². The highest BCUT2D eigenvalue weighted by Crippen LogP contribution is 2.32. The van der Waals surface area contributed by atoms with Crippen molar-refractivity contribution in [3.63, 3.8) is 0 Å². The van der Waals surface area contributed by atoms with Gasteiger partial charge in [0.1, 0.15) is 17.2 Å². The predicted octanol–water partition coefficient (Wildman–Crippen LogP) is 2.96. The molecule has 0 spiro atoms. The van der Waals surface area contributed by atoms with Gasteiger partial charge in [-0.3, -0.25) is 4.79 Å². The quantitative estimate of drug-likeness (QED) is 0.943. The summed E-state index contributed by atoms with van der Waals surface area (Å²) in [6, 6.07) is 12.8. The largest absolute Gasteiger partial charge is 0.497 e. The molecule has 1 atom stereocenters. The van der Waals surface area contributed by atoms with Crippen molar-refractivity contribution in [2.45, 2.75) is 12.5 Å². The molecule has 1 N–H and O–H groups in total. The van der Waals surface area contributed by atoms with Crippen molar-refractivity contribution in [1.29, 1.82) is 0 Å². The van der Waals surface area contributed by atoms with Gasteiger partial charge in [0.05, 0.1) is 32.4 Å². The van der Waals surface area contributed by atoms with E-state index in [0.717, 1.165) is 17.7 Å². The second-order valence-corrected chi connectivity index (χ2v) is 5.27. The summed E-state index contributed by atoms with van der Waals surface area (Å²) < 4.78 is 16.1. The van der Waals surface area contributed by atoms with Crippen LogP contribution in [0.15, 0.2) is 42.5 Å². The van der Waals surface area contributed by atoms with Crippen LogP contribution in [-0.4, -0.2) is 26.7 Å². The van der Waals surface area contributed by atoms with Gasteiger partial charge in [-0.1, -0.05) is 18.2 Å². The number of methoxy groups -OCH3 is 2. The lowest BCUT2D eigenvalue weighted by molar-refractivity contribution is 0.0921. The van der Waals surface area contributed by atoms with Crippen molar-refractivity contribution in [3.8, 4) is 17.2 Å². The molecule has 1 heterocycles. The van der Waals surface area contributed by atoms with Crippen LogP contribution in [0.5, 0.6) is 17.2 Å². The molecule has 0 bridgehead atoms. The summed E-state index contributed by atoms with van der Waals surface area (Å²) in [7, 11) is 3.11. The second-order valence-electron chi connectivity index (χ2n) is 5.27. The Morgan fingerprint density at radius 2 is 2.00 bits per heavy atom. The summed E-state index contributed by atoms with van der Waals surface area (Å²) in [5.41, 5.74) is 1.45. The van der Waals surface area contributed by atoms with E-state index in [4.69, 9.17) is 14.2 Å². The van der Waals surface area contributed by atoms with Crippen molar-refractivity contribution in [2.75, 3.05) is 20.8 Å². The molecule has 0 aliphatic carbocycles. The first-order valence-electron chi connectivity index (χ1n) is 7.47. The highest BCUT2D eigenvalue weighted by atomic mass is 16.5. The third-order valence-corrected chi connectivity index (χ3v) is 3.92. The number of hydrogen-bond acceptors (Lipinski definition) is 4. The zero-order valence-electron chi connectivity index (χ0n) is 13.2. The molecular weight excluding hydrogens is 294 g/mol. The van der Waals surface area contributed by atoms with Gasteiger partial charge in [0, 0.05) is 12.0 Å². The molecule has 1 aliphatic heterocycles. The minimum Gasteiger partial charge on any atom is -0.497 e.